The molecule has 1 heterocycles. The van der Waals surface area contributed by atoms with Gasteiger partial charge in [-0.25, -0.2) is 4.79 Å². The van der Waals surface area contributed by atoms with Gasteiger partial charge in [0.05, 0.1) is 23.5 Å². The average Bonchev–Trinajstić information content (AvgIpc) is 3.32. The van der Waals surface area contributed by atoms with Crippen molar-refractivity contribution in [3.63, 3.8) is 0 Å². The van der Waals surface area contributed by atoms with Crippen LogP contribution < -0.4 is 10.6 Å². The second kappa shape index (κ2) is 5.93. The fourth-order valence-electron chi connectivity index (χ4n) is 2.95. The molecule has 2 aliphatic rings. The molecule has 5 nitrogen and oxygen atoms in total. The van der Waals surface area contributed by atoms with Crippen molar-refractivity contribution >= 4 is 17.3 Å². The molecule has 1 aromatic carbocycles. The maximum Gasteiger partial charge on any atom is 0.338 e. The first kappa shape index (κ1) is 14.2. The standard InChI is InChI=1S/C16H23N3O2/c1-2-21-16(20)12-3-6-15(14(17)11-12)19-9-7-18(8-10-19)13-4-5-13/h3,6,11,13H,2,4-5,7-10,17H2,1H3. The van der Waals surface area contributed by atoms with Gasteiger partial charge in [0.1, 0.15) is 0 Å². The normalized spacial score (nSPS) is 19.6. The Balaban J connectivity index is 1.66. The van der Waals surface area contributed by atoms with Gasteiger partial charge in [-0.3, -0.25) is 4.90 Å². The molecule has 1 aliphatic carbocycles. The Morgan fingerprint density at radius 3 is 2.57 bits per heavy atom. The van der Waals surface area contributed by atoms with Gasteiger partial charge in [-0.1, -0.05) is 0 Å². The van der Waals surface area contributed by atoms with Crippen LogP contribution in [0.2, 0.25) is 0 Å². The zero-order chi connectivity index (χ0) is 14.8. The van der Waals surface area contributed by atoms with Crippen LogP contribution in [0.3, 0.4) is 0 Å². The summed E-state index contributed by atoms with van der Waals surface area (Å²) >= 11 is 0. The molecule has 3 rings (SSSR count). The van der Waals surface area contributed by atoms with Crippen molar-refractivity contribution in [1.82, 2.24) is 4.90 Å². The Morgan fingerprint density at radius 2 is 2.00 bits per heavy atom. The first-order valence-electron chi connectivity index (χ1n) is 7.74. The number of carbonyl (C=O) groups excluding carboxylic acids is 1. The molecule has 0 unspecified atom stereocenters. The molecular weight excluding hydrogens is 266 g/mol. The SMILES string of the molecule is CCOC(=O)c1ccc(N2CCN(C3CC3)CC2)c(N)c1. The first-order chi connectivity index (χ1) is 10.2. The maximum absolute atomic E-state index is 11.7. The van der Waals surface area contributed by atoms with E-state index in [1.807, 2.05) is 6.07 Å². The lowest BCUT2D eigenvalue weighted by atomic mass is 10.1. The van der Waals surface area contributed by atoms with E-state index in [2.05, 4.69) is 9.80 Å². The molecule has 0 spiro atoms. The summed E-state index contributed by atoms with van der Waals surface area (Å²) in [4.78, 5) is 16.6. The minimum absolute atomic E-state index is 0.311. The predicted octanol–water partition coefficient (Wildman–Crippen LogP) is 1.73. The topological polar surface area (TPSA) is 58.8 Å². The molecule has 2 N–H and O–H groups in total. The summed E-state index contributed by atoms with van der Waals surface area (Å²) in [6.45, 7) is 6.38. The fourth-order valence-corrected chi connectivity index (χ4v) is 2.95. The van der Waals surface area contributed by atoms with Crippen LogP contribution in [-0.4, -0.2) is 49.7 Å². The third-order valence-electron chi connectivity index (χ3n) is 4.26. The maximum atomic E-state index is 11.7. The Bertz CT molecular complexity index is 520. The van der Waals surface area contributed by atoms with Crippen LogP contribution in [-0.2, 0) is 4.74 Å². The Hall–Kier alpha value is -1.75. The molecule has 0 atom stereocenters. The summed E-state index contributed by atoms with van der Waals surface area (Å²) in [6, 6.07) is 6.29. The van der Waals surface area contributed by atoms with E-state index in [0.29, 0.717) is 17.9 Å². The summed E-state index contributed by atoms with van der Waals surface area (Å²) in [5, 5.41) is 0. The molecule has 0 bridgehead atoms. The Morgan fingerprint density at radius 1 is 1.29 bits per heavy atom. The van der Waals surface area contributed by atoms with Crippen molar-refractivity contribution in [3.05, 3.63) is 23.8 Å². The van der Waals surface area contributed by atoms with Crippen LogP contribution in [0.1, 0.15) is 30.1 Å². The highest BCUT2D eigenvalue weighted by Crippen LogP contribution is 2.30. The summed E-state index contributed by atoms with van der Waals surface area (Å²) in [5.41, 5.74) is 8.33. The number of rotatable bonds is 4. The van der Waals surface area contributed by atoms with Crippen molar-refractivity contribution in [2.24, 2.45) is 0 Å². The summed E-state index contributed by atoms with van der Waals surface area (Å²) in [7, 11) is 0. The van der Waals surface area contributed by atoms with E-state index in [1.54, 1.807) is 19.1 Å². The third-order valence-corrected chi connectivity index (χ3v) is 4.26. The van der Waals surface area contributed by atoms with Crippen molar-refractivity contribution in [1.29, 1.82) is 0 Å². The minimum Gasteiger partial charge on any atom is -0.462 e. The second-order valence-corrected chi connectivity index (χ2v) is 5.75. The summed E-state index contributed by atoms with van der Waals surface area (Å²) in [6.07, 6.45) is 2.72. The van der Waals surface area contributed by atoms with Crippen LogP contribution in [0.4, 0.5) is 11.4 Å². The molecule has 21 heavy (non-hydrogen) atoms. The van der Waals surface area contributed by atoms with Gasteiger partial charge >= 0.3 is 5.97 Å². The van der Waals surface area contributed by atoms with Crippen LogP contribution in [0.25, 0.3) is 0 Å². The number of piperazine rings is 1. The van der Waals surface area contributed by atoms with E-state index in [9.17, 15) is 4.79 Å². The molecule has 1 saturated heterocycles. The number of hydrogen-bond donors (Lipinski definition) is 1. The first-order valence-corrected chi connectivity index (χ1v) is 7.74. The number of ether oxygens (including phenoxy) is 1. The van der Waals surface area contributed by atoms with E-state index in [1.165, 1.54) is 12.8 Å². The van der Waals surface area contributed by atoms with Gasteiger partial charge in [0.2, 0.25) is 0 Å². The average molecular weight is 289 g/mol. The van der Waals surface area contributed by atoms with Crippen molar-refractivity contribution in [2.75, 3.05) is 43.4 Å². The zero-order valence-electron chi connectivity index (χ0n) is 12.5. The molecular formula is C16H23N3O2. The molecule has 2 fully saturated rings. The number of benzene rings is 1. The molecule has 0 aromatic heterocycles. The molecule has 1 aromatic rings. The quantitative estimate of drug-likeness (QED) is 0.676. The van der Waals surface area contributed by atoms with E-state index in [0.717, 1.165) is 37.9 Å². The molecule has 5 heteroatoms. The molecule has 0 amide bonds. The van der Waals surface area contributed by atoms with E-state index < -0.39 is 0 Å². The molecule has 114 valence electrons. The molecule has 0 radical (unpaired) electrons. The largest absolute Gasteiger partial charge is 0.462 e. The monoisotopic (exact) mass is 289 g/mol. The minimum atomic E-state index is -0.311. The number of anilines is 2. The highest BCUT2D eigenvalue weighted by atomic mass is 16.5. The van der Waals surface area contributed by atoms with Gasteiger partial charge in [-0.05, 0) is 38.0 Å². The van der Waals surface area contributed by atoms with E-state index in [4.69, 9.17) is 10.5 Å². The van der Waals surface area contributed by atoms with E-state index >= 15 is 0 Å². The second-order valence-electron chi connectivity index (χ2n) is 5.75. The third kappa shape index (κ3) is 3.13. The summed E-state index contributed by atoms with van der Waals surface area (Å²) in [5.74, 6) is -0.311. The van der Waals surface area contributed by atoms with Gasteiger partial charge in [-0.15, -0.1) is 0 Å². The number of nitrogen functional groups attached to an aromatic ring is 1. The van der Waals surface area contributed by atoms with Crippen LogP contribution >= 0.6 is 0 Å². The van der Waals surface area contributed by atoms with Crippen LogP contribution in [0.15, 0.2) is 18.2 Å². The van der Waals surface area contributed by atoms with Gasteiger partial charge in [0, 0.05) is 32.2 Å². The highest BCUT2D eigenvalue weighted by Gasteiger charge is 2.31. The van der Waals surface area contributed by atoms with Crippen molar-refractivity contribution in [2.45, 2.75) is 25.8 Å². The Labute approximate surface area is 125 Å². The Kier molecular flexibility index (Phi) is 4.01. The van der Waals surface area contributed by atoms with Gasteiger partial charge < -0.3 is 15.4 Å². The fraction of sp³-hybridized carbons (Fsp3) is 0.562. The number of hydrogen-bond acceptors (Lipinski definition) is 5. The summed E-state index contributed by atoms with van der Waals surface area (Å²) < 4.78 is 5.00. The molecule has 1 saturated carbocycles. The molecule has 1 aliphatic heterocycles. The lowest BCUT2D eigenvalue weighted by Gasteiger charge is -2.36. The zero-order valence-corrected chi connectivity index (χ0v) is 12.5. The van der Waals surface area contributed by atoms with Crippen LogP contribution in [0, 0.1) is 0 Å². The number of carbonyl (C=O) groups is 1. The lowest BCUT2D eigenvalue weighted by Crippen LogP contribution is -2.47. The smallest absolute Gasteiger partial charge is 0.338 e. The van der Waals surface area contributed by atoms with Gasteiger partial charge in [0.15, 0.2) is 0 Å². The predicted molar refractivity (Wildman–Crippen MR) is 83.6 cm³/mol. The van der Waals surface area contributed by atoms with Gasteiger partial charge in [0.25, 0.3) is 0 Å². The highest BCUT2D eigenvalue weighted by molar-refractivity contribution is 5.92. The van der Waals surface area contributed by atoms with E-state index in [-0.39, 0.29) is 5.97 Å². The van der Waals surface area contributed by atoms with Crippen molar-refractivity contribution < 1.29 is 9.53 Å². The van der Waals surface area contributed by atoms with Gasteiger partial charge in [-0.2, -0.15) is 0 Å². The number of nitrogens with zero attached hydrogens (tertiary/aromatic N) is 2. The lowest BCUT2D eigenvalue weighted by molar-refractivity contribution is 0.0526. The number of nitrogens with two attached hydrogens (primary N) is 1. The van der Waals surface area contributed by atoms with Crippen molar-refractivity contribution in [3.8, 4) is 0 Å². The van der Waals surface area contributed by atoms with Crippen LogP contribution in [0.5, 0.6) is 0 Å². The number of esters is 1.